The van der Waals surface area contributed by atoms with Crippen LogP contribution in [0.3, 0.4) is 0 Å². The molecule has 0 saturated heterocycles. The minimum absolute atomic E-state index is 0.195. The summed E-state index contributed by atoms with van der Waals surface area (Å²) < 4.78 is 13.6. The van der Waals surface area contributed by atoms with Crippen molar-refractivity contribution in [2.45, 2.75) is 13.5 Å². The van der Waals surface area contributed by atoms with E-state index in [9.17, 15) is 4.39 Å². The molecule has 4 heteroatoms. The molecule has 106 valence electrons. The van der Waals surface area contributed by atoms with Gasteiger partial charge >= 0.3 is 0 Å². The van der Waals surface area contributed by atoms with Crippen LogP contribution < -0.4 is 10.2 Å². The van der Waals surface area contributed by atoms with Crippen molar-refractivity contribution in [1.29, 1.82) is 0 Å². The van der Waals surface area contributed by atoms with Crippen LogP contribution in [0.2, 0.25) is 5.02 Å². The number of halogens is 2. The number of anilines is 2. The molecule has 1 N–H and O–H groups in total. The standard InChI is InChI=1S/C16H18ClFN2/c1-11-4-6-15(18)12(8-11)10-19-13-5-7-16(20(2)3)14(17)9-13/h4-9,19H,10H2,1-3H3. The van der Waals surface area contributed by atoms with Crippen molar-refractivity contribution in [2.24, 2.45) is 0 Å². The van der Waals surface area contributed by atoms with E-state index in [1.807, 2.05) is 50.2 Å². The van der Waals surface area contributed by atoms with E-state index < -0.39 is 0 Å². The zero-order chi connectivity index (χ0) is 14.7. The van der Waals surface area contributed by atoms with Gasteiger partial charge in [-0.25, -0.2) is 4.39 Å². The molecule has 0 amide bonds. The second-order valence-corrected chi connectivity index (χ2v) is 5.42. The fourth-order valence-electron chi connectivity index (χ4n) is 2.02. The lowest BCUT2D eigenvalue weighted by molar-refractivity contribution is 0.612. The number of hydrogen-bond donors (Lipinski definition) is 1. The predicted octanol–water partition coefficient (Wildman–Crippen LogP) is 4.47. The summed E-state index contributed by atoms with van der Waals surface area (Å²) in [5.74, 6) is -0.195. The summed E-state index contributed by atoms with van der Waals surface area (Å²) in [6, 6.07) is 10.8. The molecular formula is C16H18ClFN2. The number of nitrogens with zero attached hydrogens (tertiary/aromatic N) is 1. The van der Waals surface area contributed by atoms with E-state index in [0.717, 1.165) is 16.9 Å². The average molecular weight is 293 g/mol. The highest BCUT2D eigenvalue weighted by atomic mass is 35.5. The molecule has 0 aliphatic carbocycles. The van der Waals surface area contributed by atoms with Gasteiger partial charge in [0.15, 0.2) is 0 Å². The SMILES string of the molecule is Cc1ccc(F)c(CNc2ccc(N(C)C)c(Cl)c2)c1. The quantitative estimate of drug-likeness (QED) is 0.894. The Morgan fingerprint density at radius 1 is 1.15 bits per heavy atom. The highest BCUT2D eigenvalue weighted by Gasteiger charge is 2.05. The molecule has 0 bridgehead atoms. The molecule has 2 nitrogen and oxygen atoms in total. The highest BCUT2D eigenvalue weighted by Crippen LogP contribution is 2.27. The lowest BCUT2D eigenvalue weighted by Crippen LogP contribution is -2.09. The van der Waals surface area contributed by atoms with Gasteiger partial charge in [0.2, 0.25) is 0 Å². The Bertz CT molecular complexity index is 611. The normalized spacial score (nSPS) is 10.4. The third-order valence-electron chi connectivity index (χ3n) is 3.11. The zero-order valence-electron chi connectivity index (χ0n) is 11.9. The Balaban J connectivity index is 2.11. The molecule has 0 spiro atoms. The highest BCUT2D eigenvalue weighted by molar-refractivity contribution is 6.33. The monoisotopic (exact) mass is 292 g/mol. The van der Waals surface area contributed by atoms with E-state index in [1.54, 1.807) is 6.07 Å². The largest absolute Gasteiger partial charge is 0.381 e. The van der Waals surface area contributed by atoms with Crippen molar-refractivity contribution in [3.05, 3.63) is 58.4 Å². The van der Waals surface area contributed by atoms with Crippen LogP contribution in [0, 0.1) is 12.7 Å². The summed E-state index contributed by atoms with van der Waals surface area (Å²) in [6.07, 6.45) is 0. The fourth-order valence-corrected chi connectivity index (χ4v) is 2.37. The van der Waals surface area contributed by atoms with Gasteiger partial charge in [-0.2, -0.15) is 0 Å². The topological polar surface area (TPSA) is 15.3 Å². The maximum atomic E-state index is 13.6. The minimum Gasteiger partial charge on any atom is -0.381 e. The molecule has 0 aromatic heterocycles. The van der Waals surface area contributed by atoms with Crippen LogP contribution in [-0.2, 0) is 6.54 Å². The number of rotatable bonds is 4. The molecule has 0 radical (unpaired) electrons. The van der Waals surface area contributed by atoms with E-state index >= 15 is 0 Å². The molecule has 0 heterocycles. The lowest BCUT2D eigenvalue weighted by atomic mass is 10.1. The molecule has 0 saturated carbocycles. The number of nitrogens with one attached hydrogen (secondary N) is 1. The van der Waals surface area contributed by atoms with Crippen LogP contribution in [0.25, 0.3) is 0 Å². The van der Waals surface area contributed by atoms with Crippen molar-refractivity contribution in [2.75, 3.05) is 24.3 Å². The predicted molar refractivity (Wildman–Crippen MR) is 84.2 cm³/mol. The van der Waals surface area contributed by atoms with E-state index in [0.29, 0.717) is 17.1 Å². The van der Waals surface area contributed by atoms with Crippen molar-refractivity contribution >= 4 is 23.0 Å². The molecular weight excluding hydrogens is 275 g/mol. The number of hydrogen-bond acceptors (Lipinski definition) is 2. The Hall–Kier alpha value is -1.74. The Morgan fingerprint density at radius 3 is 2.55 bits per heavy atom. The molecule has 2 aromatic carbocycles. The van der Waals surface area contributed by atoms with Crippen molar-refractivity contribution in [3.63, 3.8) is 0 Å². The fraction of sp³-hybridized carbons (Fsp3) is 0.250. The summed E-state index contributed by atoms with van der Waals surface area (Å²) in [4.78, 5) is 1.95. The summed E-state index contributed by atoms with van der Waals surface area (Å²) >= 11 is 6.21. The van der Waals surface area contributed by atoms with Gasteiger partial charge in [-0.1, -0.05) is 29.3 Å². The van der Waals surface area contributed by atoms with E-state index in [2.05, 4.69) is 5.32 Å². The maximum absolute atomic E-state index is 13.6. The molecule has 0 aliphatic heterocycles. The third-order valence-corrected chi connectivity index (χ3v) is 3.42. The van der Waals surface area contributed by atoms with Crippen LogP contribution in [0.5, 0.6) is 0 Å². The van der Waals surface area contributed by atoms with Gasteiger partial charge in [0.1, 0.15) is 5.82 Å². The van der Waals surface area contributed by atoms with E-state index in [-0.39, 0.29) is 5.82 Å². The number of benzene rings is 2. The Morgan fingerprint density at radius 2 is 1.90 bits per heavy atom. The molecule has 0 fully saturated rings. The molecule has 0 atom stereocenters. The van der Waals surface area contributed by atoms with Crippen LogP contribution in [0.1, 0.15) is 11.1 Å². The van der Waals surface area contributed by atoms with Crippen molar-refractivity contribution in [1.82, 2.24) is 0 Å². The zero-order valence-corrected chi connectivity index (χ0v) is 12.6. The third kappa shape index (κ3) is 3.42. The molecule has 2 aromatic rings. The lowest BCUT2D eigenvalue weighted by Gasteiger charge is -2.16. The van der Waals surface area contributed by atoms with Crippen molar-refractivity contribution in [3.8, 4) is 0 Å². The second-order valence-electron chi connectivity index (χ2n) is 5.01. The molecule has 2 rings (SSSR count). The summed E-state index contributed by atoms with van der Waals surface area (Å²) in [5, 5.41) is 3.86. The average Bonchev–Trinajstić information content (AvgIpc) is 2.39. The minimum atomic E-state index is -0.195. The van der Waals surface area contributed by atoms with Crippen LogP contribution in [0.4, 0.5) is 15.8 Å². The first-order chi connectivity index (χ1) is 9.47. The van der Waals surface area contributed by atoms with Gasteiger partial charge in [-0.05, 0) is 31.2 Å². The first-order valence-corrected chi connectivity index (χ1v) is 6.81. The van der Waals surface area contributed by atoms with Gasteiger partial charge in [0, 0.05) is 31.9 Å². The Labute approximate surface area is 124 Å². The maximum Gasteiger partial charge on any atom is 0.128 e. The molecule has 20 heavy (non-hydrogen) atoms. The van der Waals surface area contributed by atoms with Crippen molar-refractivity contribution < 1.29 is 4.39 Å². The smallest absolute Gasteiger partial charge is 0.128 e. The van der Waals surface area contributed by atoms with Gasteiger partial charge in [-0.3, -0.25) is 0 Å². The molecule has 0 unspecified atom stereocenters. The summed E-state index contributed by atoms with van der Waals surface area (Å²) in [7, 11) is 3.88. The first kappa shape index (κ1) is 14.7. The van der Waals surface area contributed by atoms with Crippen LogP contribution in [-0.4, -0.2) is 14.1 Å². The van der Waals surface area contributed by atoms with E-state index in [4.69, 9.17) is 11.6 Å². The van der Waals surface area contributed by atoms with Gasteiger partial charge in [-0.15, -0.1) is 0 Å². The summed E-state index contributed by atoms with van der Waals surface area (Å²) in [5.41, 5.74) is 3.53. The van der Waals surface area contributed by atoms with Crippen LogP contribution in [0.15, 0.2) is 36.4 Å². The van der Waals surface area contributed by atoms with Gasteiger partial charge in [0.25, 0.3) is 0 Å². The summed E-state index contributed by atoms with van der Waals surface area (Å²) in [6.45, 7) is 2.39. The van der Waals surface area contributed by atoms with Gasteiger partial charge in [0.05, 0.1) is 10.7 Å². The molecule has 0 aliphatic rings. The second kappa shape index (κ2) is 6.14. The van der Waals surface area contributed by atoms with Crippen LogP contribution >= 0.6 is 11.6 Å². The van der Waals surface area contributed by atoms with Gasteiger partial charge < -0.3 is 10.2 Å². The Kier molecular flexibility index (Phi) is 4.50. The number of aryl methyl sites for hydroxylation is 1. The van der Waals surface area contributed by atoms with E-state index in [1.165, 1.54) is 6.07 Å². The first-order valence-electron chi connectivity index (χ1n) is 6.43.